The zero-order valence-corrected chi connectivity index (χ0v) is 10.9. The van der Waals surface area contributed by atoms with Crippen LogP contribution < -0.4 is 0 Å². The van der Waals surface area contributed by atoms with Crippen LogP contribution in [0.4, 0.5) is 0 Å². The average molecular weight is 300 g/mol. The molecule has 0 unspecified atom stereocenters. The zero-order chi connectivity index (χ0) is 11.8. The number of nitrogens with zero attached hydrogens (tertiary/aromatic N) is 1. The van der Waals surface area contributed by atoms with Crippen molar-refractivity contribution in [1.82, 2.24) is 0 Å². The monoisotopic (exact) mass is 299 g/mol. The summed E-state index contributed by atoms with van der Waals surface area (Å²) in [6.45, 7) is 0. The van der Waals surface area contributed by atoms with Crippen molar-refractivity contribution in [1.29, 1.82) is 5.26 Å². The number of nitriles is 1. The standard InChI is InChI=1S/C11H10BrNO2S/c12-9-4-1-2-5-10(9)16(14,15)11(8-13)6-3-7-11/h1-2,4-5H,3,6-7H2. The third-order valence-electron chi connectivity index (χ3n) is 3.01. The van der Waals surface area contributed by atoms with Gasteiger partial charge in [0.1, 0.15) is 0 Å². The molecule has 0 saturated heterocycles. The minimum atomic E-state index is -3.55. The molecule has 1 fully saturated rings. The molecule has 1 aromatic rings. The van der Waals surface area contributed by atoms with E-state index in [0.717, 1.165) is 6.42 Å². The van der Waals surface area contributed by atoms with E-state index in [1.54, 1.807) is 18.2 Å². The van der Waals surface area contributed by atoms with Gasteiger partial charge < -0.3 is 0 Å². The number of sulfone groups is 1. The highest BCUT2D eigenvalue weighted by Crippen LogP contribution is 2.43. The molecule has 2 rings (SSSR count). The Kier molecular flexibility index (Phi) is 2.81. The minimum absolute atomic E-state index is 0.219. The van der Waals surface area contributed by atoms with Gasteiger partial charge in [0.2, 0.25) is 0 Å². The maximum atomic E-state index is 12.3. The molecular formula is C11H10BrNO2S. The van der Waals surface area contributed by atoms with Gasteiger partial charge in [-0.15, -0.1) is 0 Å². The fourth-order valence-corrected chi connectivity index (χ4v) is 4.69. The summed E-state index contributed by atoms with van der Waals surface area (Å²) in [5.41, 5.74) is 0. The summed E-state index contributed by atoms with van der Waals surface area (Å²) in [6.07, 6.45) is 1.68. The van der Waals surface area contributed by atoms with Crippen molar-refractivity contribution in [3.63, 3.8) is 0 Å². The van der Waals surface area contributed by atoms with E-state index in [2.05, 4.69) is 15.9 Å². The van der Waals surface area contributed by atoms with E-state index in [0.29, 0.717) is 17.3 Å². The smallest absolute Gasteiger partial charge is 0.198 e. The number of rotatable bonds is 2. The van der Waals surface area contributed by atoms with Crippen molar-refractivity contribution in [3.05, 3.63) is 28.7 Å². The van der Waals surface area contributed by atoms with Crippen LogP contribution in [0, 0.1) is 11.3 Å². The van der Waals surface area contributed by atoms with Gasteiger partial charge in [-0.1, -0.05) is 12.1 Å². The van der Waals surface area contributed by atoms with Crippen molar-refractivity contribution in [3.8, 4) is 6.07 Å². The lowest BCUT2D eigenvalue weighted by Gasteiger charge is -2.34. The van der Waals surface area contributed by atoms with Gasteiger partial charge in [0, 0.05) is 4.47 Å². The first kappa shape index (κ1) is 11.6. The Morgan fingerprint density at radius 3 is 2.38 bits per heavy atom. The first-order chi connectivity index (χ1) is 7.53. The molecule has 0 radical (unpaired) electrons. The second-order valence-electron chi connectivity index (χ2n) is 3.89. The second kappa shape index (κ2) is 3.86. The molecule has 0 spiro atoms. The highest BCUT2D eigenvalue weighted by Gasteiger charge is 2.50. The van der Waals surface area contributed by atoms with Crippen LogP contribution in [0.5, 0.6) is 0 Å². The summed E-state index contributed by atoms with van der Waals surface area (Å²) in [5.74, 6) is 0. The predicted molar refractivity (Wildman–Crippen MR) is 63.5 cm³/mol. The topological polar surface area (TPSA) is 57.9 Å². The SMILES string of the molecule is N#CC1(S(=O)(=O)c2ccccc2Br)CCC1. The lowest BCUT2D eigenvalue weighted by molar-refractivity contribution is 0.406. The predicted octanol–water partition coefficient (Wildman–Crippen LogP) is 2.67. The Bertz CT molecular complexity index is 556. The summed E-state index contributed by atoms with van der Waals surface area (Å²) < 4.78 is 24.0. The van der Waals surface area contributed by atoms with Gasteiger partial charge >= 0.3 is 0 Å². The van der Waals surface area contributed by atoms with E-state index in [1.807, 2.05) is 6.07 Å². The highest BCUT2D eigenvalue weighted by atomic mass is 79.9. The van der Waals surface area contributed by atoms with Crippen molar-refractivity contribution < 1.29 is 8.42 Å². The van der Waals surface area contributed by atoms with Gasteiger partial charge in [-0.3, -0.25) is 0 Å². The number of halogens is 1. The molecule has 0 N–H and O–H groups in total. The summed E-state index contributed by atoms with van der Waals surface area (Å²) in [7, 11) is -3.55. The molecule has 16 heavy (non-hydrogen) atoms. The maximum absolute atomic E-state index is 12.3. The van der Waals surface area contributed by atoms with Gasteiger partial charge in [0.25, 0.3) is 0 Å². The largest absolute Gasteiger partial charge is 0.222 e. The van der Waals surface area contributed by atoms with Crippen LogP contribution in [0.15, 0.2) is 33.6 Å². The number of hydrogen-bond acceptors (Lipinski definition) is 3. The molecule has 0 aliphatic heterocycles. The van der Waals surface area contributed by atoms with Crippen LogP contribution in [0.2, 0.25) is 0 Å². The van der Waals surface area contributed by atoms with E-state index in [4.69, 9.17) is 5.26 Å². The van der Waals surface area contributed by atoms with Crippen molar-refractivity contribution >= 4 is 25.8 Å². The number of benzene rings is 1. The lowest BCUT2D eigenvalue weighted by atomic mass is 9.86. The molecule has 3 nitrogen and oxygen atoms in total. The molecule has 84 valence electrons. The molecule has 0 atom stereocenters. The van der Waals surface area contributed by atoms with E-state index in [1.165, 1.54) is 6.07 Å². The van der Waals surface area contributed by atoms with Crippen molar-refractivity contribution in [2.24, 2.45) is 0 Å². The fourth-order valence-electron chi connectivity index (χ4n) is 1.81. The second-order valence-corrected chi connectivity index (χ2v) is 6.98. The van der Waals surface area contributed by atoms with E-state index in [-0.39, 0.29) is 4.90 Å². The Labute approximate surface area is 103 Å². The minimum Gasteiger partial charge on any atom is -0.222 e. The van der Waals surface area contributed by atoms with Gasteiger partial charge in [-0.2, -0.15) is 5.26 Å². The van der Waals surface area contributed by atoms with Crippen LogP contribution >= 0.6 is 15.9 Å². The van der Waals surface area contributed by atoms with Crippen LogP contribution in [-0.4, -0.2) is 13.2 Å². The van der Waals surface area contributed by atoms with E-state index in [9.17, 15) is 8.42 Å². The van der Waals surface area contributed by atoms with E-state index < -0.39 is 14.6 Å². The Hall–Kier alpha value is -0.860. The Balaban J connectivity index is 2.57. The average Bonchev–Trinajstić information content (AvgIpc) is 2.16. The van der Waals surface area contributed by atoms with Crippen LogP contribution in [-0.2, 0) is 9.84 Å². The number of hydrogen-bond donors (Lipinski definition) is 0. The maximum Gasteiger partial charge on any atom is 0.198 e. The fraction of sp³-hybridized carbons (Fsp3) is 0.364. The summed E-state index contributed by atoms with van der Waals surface area (Å²) in [6, 6.07) is 8.61. The Morgan fingerprint density at radius 1 is 1.31 bits per heavy atom. The van der Waals surface area contributed by atoms with Crippen LogP contribution in [0.3, 0.4) is 0 Å². The molecule has 1 aliphatic carbocycles. The van der Waals surface area contributed by atoms with Gasteiger partial charge in [-0.25, -0.2) is 8.42 Å². The highest BCUT2D eigenvalue weighted by molar-refractivity contribution is 9.10. The van der Waals surface area contributed by atoms with Gasteiger partial charge in [0.05, 0.1) is 11.0 Å². The zero-order valence-electron chi connectivity index (χ0n) is 8.48. The third-order valence-corrected chi connectivity index (χ3v) is 6.42. The summed E-state index contributed by atoms with van der Waals surface area (Å²) in [4.78, 5) is 0.219. The molecule has 0 bridgehead atoms. The molecule has 1 saturated carbocycles. The van der Waals surface area contributed by atoms with Gasteiger partial charge in [0.15, 0.2) is 14.6 Å². The summed E-state index contributed by atoms with van der Waals surface area (Å²) >= 11 is 3.22. The van der Waals surface area contributed by atoms with Crippen molar-refractivity contribution in [2.75, 3.05) is 0 Å². The molecule has 5 heteroatoms. The van der Waals surface area contributed by atoms with Crippen molar-refractivity contribution in [2.45, 2.75) is 28.9 Å². The first-order valence-corrected chi connectivity index (χ1v) is 7.21. The molecule has 1 aromatic carbocycles. The lowest BCUT2D eigenvalue weighted by Crippen LogP contribution is -2.43. The first-order valence-electron chi connectivity index (χ1n) is 4.94. The van der Waals surface area contributed by atoms with Crippen LogP contribution in [0.25, 0.3) is 0 Å². The van der Waals surface area contributed by atoms with Gasteiger partial charge in [-0.05, 0) is 47.3 Å². The summed E-state index contributed by atoms with van der Waals surface area (Å²) in [5, 5.41) is 9.08. The normalized spacial score (nSPS) is 18.5. The quantitative estimate of drug-likeness (QED) is 0.843. The van der Waals surface area contributed by atoms with Crippen LogP contribution in [0.1, 0.15) is 19.3 Å². The molecular weight excluding hydrogens is 290 g/mol. The third kappa shape index (κ3) is 1.48. The van der Waals surface area contributed by atoms with E-state index >= 15 is 0 Å². The molecule has 0 amide bonds. The molecule has 1 aliphatic rings. The molecule has 0 heterocycles. The Morgan fingerprint density at radius 2 is 1.94 bits per heavy atom. The molecule has 0 aromatic heterocycles.